The molecule has 0 saturated heterocycles. The molecule has 1 aliphatic rings. The van der Waals surface area contributed by atoms with Crippen molar-refractivity contribution in [3.63, 3.8) is 0 Å². The third-order valence-corrected chi connectivity index (χ3v) is 5.27. The number of H-pyrrole nitrogens is 1. The number of nitrogens with one attached hydrogen (secondary N) is 1. The van der Waals surface area contributed by atoms with Gasteiger partial charge in [-0.25, -0.2) is 0 Å². The van der Waals surface area contributed by atoms with Gasteiger partial charge in [0.2, 0.25) is 0 Å². The van der Waals surface area contributed by atoms with E-state index in [0.29, 0.717) is 0 Å². The van der Waals surface area contributed by atoms with E-state index in [2.05, 4.69) is 58.9 Å². The summed E-state index contributed by atoms with van der Waals surface area (Å²) in [4.78, 5) is 3.61. The molecule has 0 amide bonds. The normalized spacial score (nSPS) is 12.6. The number of para-hydroxylation sites is 1. The van der Waals surface area contributed by atoms with Gasteiger partial charge >= 0.3 is 0 Å². The van der Waals surface area contributed by atoms with E-state index < -0.39 is 0 Å². The number of nitrogens with zero attached hydrogens (tertiary/aromatic N) is 2. The Labute approximate surface area is 146 Å². The topological polar surface area (TPSA) is 44.5 Å². The number of aromatic nitrogens is 2. The van der Waals surface area contributed by atoms with E-state index in [9.17, 15) is 5.26 Å². The predicted octanol–water partition coefficient (Wildman–Crippen LogP) is 5.04. The summed E-state index contributed by atoms with van der Waals surface area (Å²) in [5, 5.41) is 11.0. The van der Waals surface area contributed by atoms with Crippen LogP contribution in [0.1, 0.15) is 16.7 Å². The molecule has 0 fully saturated rings. The Balaban J connectivity index is 1.88. The number of hydrogen-bond donors (Lipinski definition) is 1. The molecule has 25 heavy (non-hydrogen) atoms. The Bertz CT molecular complexity index is 1170. The summed E-state index contributed by atoms with van der Waals surface area (Å²) in [5.41, 5.74) is 8.95. The molecule has 0 bridgehead atoms. The number of rotatable bonds is 1. The molecule has 0 spiro atoms. The number of fused-ring (bicyclic) bond motifs is 5. The van der Waals surface area contributed by atoms with Crippen LogP contribution < -0.4 is 0 Å². The molecule has 3 heterocycles. The minimum atomic E-state index is 0.746. The molecule has 0 atom stereocenters. The van der Waals surface area contributed by atoms with Crippen LogP contribution in [0.15, 0.2) is 54.7 Å². The maximum atomic E-state index is 9.73. The van der Waals surface area contributed by atoms with Crippen molar-refractivity contribution in [3.05, 3.63) is 71.4 Å². The lowest BCUT2D eigenvalue weighted by Crippen LogP contribution is -2.09. The third-order valence-electron chi connectivity index (χ3n) is 5.27. The van der Waals surface area contributed by atoms with E-state index in [4.69, 9.17) is 0 Å². The van der Waals surface area contributed by atoms with Gasteiger partial charge in [0.15, 0.2) is 0 Å². The summed E-state index contributed by atoms with van der Waals surface area (Å²) in [6.45, 7) is 3.01. The molecular formula is C22H17N3. The zero-order valence-electron chi connectivity index (χ0n) is 14.0. The van der Waals surface area contributed by atoms with Crippen LogP contribution in [0.3, 0.4) is 0 Å². The Hall–Kier alpha value is -3.25. The minimum Gasteiger partial charge on any atom is -0.353 e. The molecule has 0 saturated carbocycles. The highest BCUT2D eigenvalue weighted by molar-refractivity contribution is 5.96. The number of nitriles is 1. The molecular weight excluding hydrogens is 306 g/mol. The van der Waals surface area contributed by atoms with Gasteiger partial charge in [-0.15, -0.1) is 0 Å². The maximum absolute atomic E-state index is 9.73. The quantitative estimate of drug-likeness (QED) is 0.524. The van der Waals surface area contributed by atoms with Crippen LogP contribution in [0.4, 0.5) is 0 Å². The largest absolute Gasteiger partial charge is 0.353 e. The van der Waals surface area contributed by atoms with E-state index in [1.807, 2.05) is 18.3 Å². The first-order valence-electron chi connectivity index (χ1n) is 8.57. The molecule has 1 aliphatic heterocycles. The summed E-state index contributed by atoms with van der Waals surface area (Å²) in [7, 11) is 0. The van der Waals surface area contributed by atoms with Crippen molar-refractivity contribution in [1.82, 2.24) is 9.55 Å². The second-order valence-corrected chi connectivity index (χ2v) is 6.66. The lowest BCUT2D eigenvalue weighted by molar-refractivity contribution is 0.690. The smallest absolute Gasteiger partial charge is 0.101 e. The van der Waals surface area contributed by atoms with Crippen LogP contribution in [-0.4, -0.2) is 9.55 Å². The standard InChI is InChI=1S/C22H17N3/c1-14-6-2-3-7-16(14)20-15(12-23)13-25-11-10-18-17-8-4-5-9-19(17)24-21(18)22(20)25/h2-9,13,24H,10-11H2,1H3. The van der Waals surface area contributed by atoms with Crippen LogP contribution in [0.2, 0.25) is 0 Å². The van der Waals surface area contributed by atoms with E-state index in [1.165, 1.54) is 16.5 Å². The van der Waals surface area contributed by atoms with Crippen LogP contribution in [-0.2, 0) is 13.0 Å². The Kier molecular flexibility index (Phi) is 2.89. The highest BCUT2D eigenvalue weighted by Gasteiger charge is 2.27. The van der Waals surface area contributed by atoms with Crippen molar-refractivity contribution in [2.45, 2.75) is 19.9 Å². The van der Waals surface area contributed by atoms with E-state index in [0.717, 1.165) is 46.6 Å². The number of aromatic amines is 1. The Morgan fingerprint density at radius 3 is 2.72 bits per heavy atom. The van der Waals surface area contributed by atoms with Crippen molar-refractivity contribution < 1.29 is 0 Å². The molecule has 4 aromatic rings. The molecule has 5 rings (SSSR count). The molecule has 1 N–H and O–H groups in total. The highest BCUT2D eigenvalue weighted by Crippen LogP contribution is 2.43. The van der Waals surface area contributed by atoms with Crippen LogP contribution in [0, 0.1) is 18.3 Å². The average molecular weight is 323 g/mol. The monoisotopic (exact) mass is 323 g/mol. The van der Waals surface area contributed by atoms with Gasteiger partial charge in [0.1, 0.15) is 6.07 Å². The van der Waals surface area contributed by atoms with E-state index >= 15 is 0 Å². The first kappa shape index (κ1) is 14.1. The zero-order chi connectivity index (χ0) is 17.0. The summed E-state index contributed by atoms with van der Waals surface area (Å²) >= 11 is 0. The molecule has 0 unspecified atom stereocenters. The van der Waals surface area contributed by atoms with Crippen LogP contribution >= 0.6 is 0 Å². The lowest BCUT2D eigenvalue weighted by Gasteiger charge is -2.18. The molecule has 2 aromatic heterocycles. The fraction of sp³-hybridized carbons (Fsp3) is 0.136. The lowest BCUT2D eigenvalue weighted by atomic mass is 9.94. The van der Waals surface area contributed by atoms with Gasteiger partial charge in [-0.3, -0.25) is 0 Å². The van der Waals surface area contributed by atoms with E-state index in [1.54, 1.807) is 0 Å². The average Bonchev–Trinajstić information content (AvgIpc) is 3.19. The number of hydrogen-bond acceptors (Lipinski definition) is 1. The van der Waals surface area contributed by atoms with Crippen molar-refractivity contribution in [1.29, 1.82) is 5.26 Å². The third kappa shape index (κ3) is 1.91. The molecule has 3 heteroatoms. The van der Waals surface area contributed by atoms with Crippen molar-refractivity contribution in [2.24, 2.45) is 0 Å². The van der Waals surface area contributed by atoms with Gasteiger partial charge in [0, 0.05) is 29.2 Å². The zero-order valence-corrected chi connectivity index (χ0v) is 14.0. The molecule has 2 aromatic carbocycles. The molecule has 0 radical (unpaired) electrons. The van der Waals surface area contributed by atoms with Crippen molar-refractivity contribution in [3.8, 4) is 28.6 Å². The molecule has 120 valence electrons. The summed E-state index contributed by atoms with van der Waals surface area (Å²) in [5.74, 6) is 0. The fourth-order valence-electron chi connectivity index (χ4n) is 4.11. The van der Waals surface area contributed by atoms with Gasteiger partial charge in [0.05, 0.1) is 17.0 Å². The number of aryl methyl sites for hydroxylation is 3. The Morgan fingerprint density at radius 2 is 1.88 bits per heavy atom. The second kappa shape index (κ2) is 5.12. The minimum absolute atomic E-state index is 0.746. The van der Waals surface area contributed by atoms with Gasteiger partial charge in [-0.05, 0) is 36.1 Å². The SMILES string of the molecule is Cc1ccccc1-c1c(C#N)cn2c1-c1[nH]c3ccccc3c1CC2. The molecule has 3 nitrogen and oxygen atoms in total. The van der Waals surface area contributed by atoms with Gasteiger partial charge < -0.3 is 9.55 Å². The van der Waals surface area contributed by atoms with Crippen molar-refractivity contribution in [2.75, 3.05) is 0 Å². The fourth-order valence-corrected chi connectivity index (χ4v) is 4.11. The van der Waals surface area contributed by atoms with Gasteiger partial charge in [0.25, 0.3) is 0 Å². The Morgan fingerprint density at radius 1 is 1.08 bits per heavy atom. The van der Waals surface area contributed by atoms with Crippen molar-refractivity contribution >= 4 is 10.9 Å². The summed E-state index contributed by atoms with van der Waals surface area (Å²) in [6.07, 6.45) is 2.99. The van der Waals surface area contributed by atoms with Gasteiger partial charge in [-0.1, -0.05) is 42.5 Å². The highest BCUT2D eigenvalue weighted by atomic mass is 15.0. The first-order chi connectivity index (χ1) is 12.3. The molecule has 0 aliphatic carbocycles. The van der Waals surface area contributed by atoms with Crippen LogP contribution in [0.25, 0.3) is 33.4 Å². The summed E-state index contributed by atoms with van der Waals surface area (Å²) in [6, 6.07) is 19.2. The predicted molar refractivity (Wildman–Crippen MR) is 100 cm³/mol. The van der Waals surface area contributed by atoms with E-state index in [-0.39, 0.29) is 0 Å². The second-order valence-electron chi connectivity index (χ2n) is 6.66. The first-order valence-corrected chi connectivity index (χ1v) is 8.57. The number of benzene rings is 2. The van der Waals surface area contributed by atoms with Gasteiger partial charge in [-0.2, -0.15) is 5.26 Å². The maximum Gasteiger partial charge on any atom is 0.101 e. The summed E-state index contributed by atoms with van der Waals surface area (Å²) < 4.78 is 2.23. The van der Waals surface area contributed by atoms with Crippen LogP contribution in [0.5, 0.6) is 0 Å².